The predicted octanol–water partition coefficient (Wildman–Crippen LogP) is 1.15. The van der Waals surface area contributed by atoms with E-state index in [0.29, 0.717) is 11.4 Å². The zero-order valence-corrected chi connectivity index (χ0v) is 7.82. The smallest absolute Gasteiger partial charge is 0.318 e. The molecule has 0 aliphatic carbocycles. The Morgan fingerprint density at radius 1 is 1.43 bits per heavy atom. The van der Waals surface area contributed by atoms with Crippen molar-refractivity contribution in [2.24, 2.45) is 0 Å². The molecule has 14 heavy (non-hydrogen) atoms. The minimum Gasteiger partial charge on any atom is -0.426 e. The standard InChI is InChI=1S/C10H11NO3/c1-7(12)5-10(13)14-9-4-2-3-8(11)6-9/h2-4,6H,5,11H2,1H3. The van der Waals surface area contributed by atoms with Crippen molar-refractivity contribution in [3.63, 3.8) is 0 Å². The molecule has 0 heterocycles. The highest BCUT2D eigenvalue weighted by molar-refractivity contribution is 5.94. The Hall–Kier alpha value is -1.84. The minimum absolute atomic E-state index is 0.213. The number of carbonyl (C=O) groups excluding carboxylic acids is 2. The third-order valence-corrected chi connectivity index (χ3v) is 1.48. The molecule has 0 radical (unpaired) electrons. The molecular weight excluding hydrogens is 182 g/mol. The molecule has 0 spiro atoms. The summed E-state index contributed by atoms with van der Waals surface area (Å²) >= 11 is 0. The van der Waals surface area contributed by atoms with Crippen molar-refractivity contribution in [2.45, 2.75) is 13.3 Å². The van der Waals surface area contributed by atoms with Crippen molar-refractivity contribution in [3.8, 4) is 5.75 Å². The Bertz CT molecular complexity index is 360. The number of hydrogen-bond acceptors (Lipinski definition) is 4. The maximum Gasteiger partial charge on any atom is 0.318 e. The molecule has 0 saturated heterocycles. The Balaban J connectivity index is 2.60. The molecule has 0 aliphatic heterocycles. The van der Waals surface area contributed by atoms with Crippen molar-refractivity contribution in [2.75, 3.05) is 5.73 Å². The van der Waals surface area contributed by atoms with Gasteiger partial charge in [0.15, 0.2) is 0 Å². The second-order valence-electron chi connectivity index (χ2n) is 2.93. The van der Waals surface area contributed by atoms with Gasteiger partial charge in [0.05, 0.1) is 0 Å². The third kappa shape index (κ3) is 3.26. The van der Waals surface area contributed by atoms with E-state index in [2.05, 4.69) is 0 Å². The maximum atomic E-state index is 11.1. The van der Waals surface area contributed by atoms with Gasteiger partial charge in [-0.1, -0.05) is 6.07 Å². The normalized spacial score (nSPS) is 9.50. The number of ether oxygens (including phenoxy) is 1. The summed E-state index contributed by atoms with van der Waals surface area (Å²) in [5.41, 5.74) is 5.99. The molecule has 0 saturated carbocycles. The van der Waals surface area contributed by atoms with Gasteiger partial charge in [-0.2, -0.15) is 0 Å². The van der Waals surface area contributed by atoms with Crippen LogP contribution in [0.4, 0.5) is 5.69 Å². The van der Waals surface area contributed by atoms with Crippen LogP contribution in [-0.4, -0.2) is 11.8 Å². The fraction of sp³-hybridized carbons (Fsp3) is 0.200. The molecule has 4 nitrogen and oxygen atoms in total. The molecule has 0 aromatic heterocycles. The molecule has 0 amide bonds. The number of nitrogen functional groups attached to an aromatic ring is 1. The SMILES string of the molecule is CC(=O)CC(=O)Oc1cccc(N)c1. The number of hydrogen-bond donors (Lipinski definition) is 1. The van der Waals surface area contributed by atoms with E-state index >= 15 is 0 Å². The molecule has 1 aromatic carbocycles. The number of ketones is 1. The van der Waals surface area contributed by atoms with E-state index in [-0.39, 0.29) is 12.2 Å². The van der Waals surface area contributed by atoms with Crippen LogP contribution in [0.15, 0.2) is 24.3 Å². The average Bonchev–Trinajstić information content (AvgIpc) is 2.01. The number of nitrogens with two attached hydrogens (primary N) is 1. The molecule has 0 atom stereocenters. The Morgan fingerprint density at radius 3 is 2.71 bits per heavy atom. The predicted molar refractivity (Wildman–Crippen MR) is 51.8 cm³/mol. The largest absolute Gasteiger partial charge is 0.426 e. The monoisotopic (exact) mass is 193 g/mol. The summed E-state index contributed by atoms with van der Waals surface area (Å²) in [5, 5.41) is 0. The summed E-state index contributed by atoms with van der Waals surface area (Å²) in [7, 11) is 0. The van der Waals surface area contributed by atoms with Gasteiger partial charge < -0.3 is 10.5 Å². The van der Waals surface area contributed by atoms with Gasteiger partial charge in [0.2, 0.25) is 0 Å². The van der Waals surface area contributed by atoms with Crippen LogP contribution in [0.25, 0.3) is 0 Å². The highest BCUT2D eigenvalue weighted by atomic mass is 16.5. The van der Waals surface area contributed by atoms with Crippen LogP contribution in [-0.2, 0) is 9.59 Å². The Labute approximate surface area is 81.7 Å². The van der Waals surface area contributed by atoms with E-state index in [0.717, 1.165) is 0 Å². The summed E-state index contributed by atoms with van der Waals surface area (Å²) in [6.45, 7) is 1.33. The van der Waals surface area contributed by atoms with Gasteiger partial charge in [-0.3, -0.25) is 9.59 Å². The zero-order valence-electron chi connectivity index (χ0n) is 7.82. The molecule has 0 unspecified atom stereocenters. The number of benzene rings is 1. The van der Waals surface area contributed by atoms with Crippen molar-refractivity contribution in [3.05, 3.63) is 24.3 Å². The van der Waals surface area contributed by atoms with E-state index in [9.17, 15) is 9.59 Å². The summed E-state index contributed by atoms with van der Waals surface area (Å²) < 4.78 is 4.87. The average molecular weight is 193 g/mol. The summed E-state index contributed by atoms with van der Waals surface area (Å²) in [4.78, 5) is 21.6. The number of rotatable bonds is 3. The van der Waals surface area contributed by atoms with E-state index < -0.39 is 5.97 Å². The number of Topliss-reactive ketones (excluding diaryl/α,β-unsaturated/α-hetero) is 1. The first-order chi connectivity index (χ1) is 6.58. The zero-order chi connectivity index (χ0) is 10.6. The van der Waals surface area contributed by atoms with Gasteiger partial charge in [0.1, 0.15) is 18.0 Å². The van der Waals surface area contributed by atoms with Gasteiger partial charge in [-0.15, -0.1) is 0 Å². The highest BCUT2D eigenvalue weighted by Crippen LogP contribution is 2.14. The highest BCUT2D eigenvalue weighted by Gasteiger charge is 2.07. The van der Waals surface area contributed by atoms with Crippen LogP contribution in [0, 0.1) is 0 Å². The topological polar surface area (TPSA) is 69.4 Å². The Kier molecular flexibility index (Phi) is 3.23. The molecule has 4 heteroatoms. The number of carbonyl (C=O) groups is 2. The van der Waals surface area contributed by atoms with E-state index in [1.807, 2.05) is 0 Å². The lowest BCUT2D eigenvalue weighted by atomic mass is 10.3. The van der Waals surface area contributed by atoms with E-state index in [1.165, 1.54) is 13.0 Å². The molecule has 0 fully saturated rings. The molecular formula is C10H11NO3. The van der Waals surface area contributed by atoms with Crippen molar-refractivity contribution < 1.29 is 14.3 Å². The first kappa shape index (κ1) is 10.2. The number of anilines is 1. The van der Waals surface area contributed by atoms with Crippen molar-refractivity contribution in [1.82, 2.24) is 0 Å². The van der Waals surface area contributed by atoms with Gasteiger partial charge in [-0.05, 0) is 19.1 Å². The van der Waals surface area contributed by atoms with Gasteiger partial charge in [-0.25, -0.2) is 0 Å². The first-order valence-corrected chi connectivity index (χ1v) is 4.13. The van der Waals surface area contributed by atoms with E-state index in [1.54, 1.807) is 18.2 Å². The van der Waals surface area contributed by atoms with E-state index in [4.69, 9.17) is 10.5 Å². The number of esters is 1. The second kappa shape index (κ2) is 4.41. The van der Waals surface area contributed by atoms with Crippen LogP contribution >= 0.6 is 0 Å². The molecule has 0 bridgehead atoms. The summed E-state index contributed by atoms with van der Waals surface area (Å²) in [5.74, 6) is -0.432. The van der Waals surface area contributed by atoms with Crippen molar-refractivity contribution in [1.29, 1.82) is 0 Å². The van der Waals surface area contributed by atoms with Crippen LogP contribution in [0.3, 0.4) is 0 Å². The van der Waals surface area contributed by atoms with Crippen LogP contribution in [0.1, 0.15) is 13.3 Å². The molecule has 74 valence electrons. The lowest BCUT2D eigenvalue weighted by Crippen LogP contribution is -2.11. The lowest BCUT2D eigenvalue weighted by molar-refractivity contribution is -0.137. The minimum atomic E-state index is -0.567. The van der Waals surface area contributed by atoms with Crippen molar-refractivity contribution >= 4 is 17.4 Å². The summed E-state index contributed by atoms with van der Waals surface area (Å²) in [6.07, 6.45) is -0.213. The molecule has 1 rings (SSSR count). The van der Waals surface area contributed by atoms with Gasteiger partial charge in [0.25, 0.3) is 0 Å². The molecule has 2 N–H and O–H groups in total. The maximum absolute atomic E-state index is 11.1. The quantitative estimate of drug-likeness (QED) is 0.338. The molecule has 1 aromatic rings. The fourth-order valence-corrected chi connectivity index (χ4v) is 0.949. The fourth-order valence-electron chi connectivity index (χ4n) is 0.949. The van der Waals surface area contributed by atoms with Gasteiger partial charge >= 0.3 is 5.97 Å². The first-order valence-electron chi connectivity index (χ1n) is 4.13. The Morgan fingerprint density at radius 2 is 2.14 bits per heavy atom. The summed E-state index contributed by atoms with van der Waals surface area (Å²) in [6, 6.07) is 6.49. The third-order valence-electron chi connectivity index (χ3n) is 1.48. The lowest BCUT2D eigenvalue weighted by Gasteiger charge is -2.02. The molecule has 0 aliphatic rings. The van der Waals surface area contributed by atoms with Crippen LogP contribution in [0.2, 0.25) is 0 Å². The van der Waals surface area contributed by atoms with Gasteiger partial charge in [0, 0.05) is 11.8 Å². The van der Waals surface area contributed by atoms with Crippen LogP contribution in [0.5, 0.6) is 5.75 Å². The second-order valence-corrected chi connectivity index (χ2v) is 2.93. The van der Waals surface area contributed by atoms with Crippen LogP contribution < -0.4 is 10.5 Å².